The van der Waals surface area contributed by atoms with Crippen molar-refractivity contribution in [2.45, 2.75) is 97.8 Å². The highest BCUT2D eigenvalue weighted by Gasteiger charge is 2.27. The first kappa shape index (κ1) is 45.5. The van der Waals surface area contributed by atoms with Gasteiger partial charge in [-0.2, -0.15) is 0 Å². The van der Waals surface area contributed by atoms with Crippen molar-refractivity contribution in [2.75, 3.05) is 39.6 Å². The van der Waals surface area contributed by atoms with Gasteiger partial charge in [-0.05, 0) is 129 Å². The van der Waals surface area contributed by atoms with Crippen LogP contribution in [-0.2, 0) is 63.8 Å². The molecule has 1 aliphatic rings. The molecule has 3 aromatic rings. The SMILES string of the molecule is C=C(C)C(=O)OCCCc1cc(-c2ccccc2CC)cc(CCCOC(=O)C(=C)C)c1OCCCCCc1ccc(OCCCOCC2CC(=O)OC(=O)C2)cc1. The molecule has 0 spiro atoms. The van der Waals surface area contributed by atoms with Crippen LogP contribution >= 0.6 is 0 Å². The Morgan fingerprint density at radius 1 is 0.672 bits per heavy atom. The number of cyclic esters (lactones) is 2. The fourth-order valence-corrected chi connectivity index (χ4v) is 6.69. The van der Waals surface area contributed by atoms with Crippen LogP contribution in [0.3, 0.4) is 0 Å². The standard InChI is InChI=1S/C48H60O10/c1-6-38-16-9-10-19-43(38)41-31-39(17-12-26-56-47(51)34(2)3)46(40(32-41)18-13-27-57-48(52)35(4)5)55-25-11-7-8-15-36-20-22-42(23-21-36)54-28-14-24-53-33-37-29-44(49)58-45(50)30-37/h9-10,16,19-23,31-32,37H,2,4,6-8,11-15,17-18,24-30,33H2,1,3,5H3. The number of hydrogen-bond donors (Lipinski definition) is 0. The van der Waals surface area contributed by atoms with Crippen LogP contribution in [0.1, 0.15) is 94.4 Å². The van der Waals surface area contributed by atoms with Crippen molar-refractivity contribution in [2.24, 2.45) is 5.92 Å². The molecule has 0 N–H and O–H groups in total. The van der Waals surface area contributed by atoms with Gasteiger partial charge in [0, 0.05) is 30.1 Å². The average Bonchev–Trinajstić information content (AvgIpc) is 3.20. The van der Waals surface area contributed by atoms with Crippen LogP contribution < -0.4 is 9.47 Å². The van der Waals surface area contributed by atoms with Crippen LogP contribution in [0.25, 0.3) is 11.1 Å². The first-order valence-electron chi connectivity index (χ1n) is 20.6. The van der Waals surface area contributed by atoms with Crippen molar-refractivity contribution >= 4 is 23.9 Å². The number of rotatable bonds is 26. The lowest BCUT2D eigenvalue weighted by atomic mass is 9.91. The van der Waals surface area contributed by atoms with E-state index in [1.54, 1.807) is 13.8 Å². The van der Waals surface area contributed by atoms with Crippen LogP contribution in [0.15, 0.2) is 85.0 Å². The maximum absolute atomic E-state index is 12.1. The fourth-order valence-electron chi connectivity index (χ4n) is 6.69. The van der Waals surface area contributed by atoms with Crippen molar-refractivity contribution in [3.63, 3.8) is 0 Å². The van der Waals surface area contributed by atoms with E-state index >= 15 is 0 Å². The van der Waals surface area contributed by atoms with E-state index in [-0.39, 0.29) is 32.0 Å². The highest BCUT2D eigenvalue weighted by molar-refractivity contribution is 5.88. The van der Waals surface area contributed by atoms with E-state index in [9.17, 15) is 19.2 Å². The zero-order valence-corrected chi connectivity index (χ0v) is 34.6. The second kappa shape index (κ2) is 24.5. The molecule has 312 valence electrons. The largest absolute Gasteiger partial charge is 0.494 e. The minimum atomic E-state index is -0.482. The maximum atomic E-state index is 12.1. The molecule has 4 rings (SSSR count). The van der Waals surface area contributed by atoms with Gasteiger partial charge in [0.1, 0.15) is 11.5 Å². The average molecular weight is 797 g/mol. The lowest BCUT2D eigenvalue weighted by Gasteiger charge is -2.20. The third-order valence-corrected chi connectivity index (χ3v) is 9.77. The van der Waals surface area contributed by atoms with Gasteiger partial charge in [0.2, 0.25) is 0 Å². The quantitative estimate of drug-likeness (QED) is 0.0256. The van der Waals surface area contributed by atoms with E-state index in [2.05, 4.69) is 73.3 Å². The number of carbonyl (C=O) groups excluding carboxylic acids is 4. The molecule has 1 aliphatic heterocycles. The summed E-state index contributed by atoms with van der Waals surface area (Å²) in [6.45, 7) is 15.3. The summed E-state index contributed by atoms with van der Waals surface area (Å²) in [5.41, 5.74) is 7.65. The molecule has 0 bridgehead atoms. The minimum absolute atomic E-state index is 0.118. The van der Waals surface area contributed by atoms with E-state index < -0.39 is 23.9 Å². The number of esters is 4. The second-order valence-electron chi connectivity index (χ2n) is 14.9. The van der Waals surface area contributed by atoms with Gasteiger partial charge in [-0.3, -0.25) is 9.59 Å². The van der Waals surface area contributed by atoms with Gasteiger partial charge in [-0.1, -0.05) is 56.5 Å². The predicted octanol–water partition coefficient (Wildman–Crippen LogP) is 9.08. The monoisotopic (exact) mass is 796 g/mol. The molecular weight excluding hydrogens is 737 g/mol. The number of unbranched alkanes of at least 4 members (excludes halogenated alkanes) is 2. The van der Waals surface area contributed by atoms with E-state index in [4.69, 9.17) is 23.7 Å². The minimum Gasteiger partial charge on any atom is -0.494 e. The van der Waals surface area contributed by atoms with Crippen molar-refractivity contribution in [1.29, 1.82) is 0 Å². The van der Waals surface area contributed by atoms with Crippen molar-refractivity contribution in [3.05, 3.63) is 107 Å². The smallest absolute Gasteiger partial charge is 0.333 e. The Bertz CT molecular complexity index is 1770. The molecule has 58 heavy (non-hydrogen) atoms. The number of aryl methyl sites for hydroxylation is 4. The summed E-state index contributed by atoms with van der Waals surface area (Å²) < 4.78 is 33.5. The fraction of sp³-hybridized carbons (Fsp3) is 0.458. The Morgan fingerprint density at radius 3 is 1.88 bits per heavy atom. The Morgan fingerprint density at radius 2 is 1.28 bits per heavy atom. The van der Waals surface area contributed by atoms with E-state index in [1.165, 1.54) is 16.7 Å². The second-order valence-corrected chi connectivity index (χ2v) is 14.9. The zero-order chi connectivity index (χ0) is 41.7. The number of ether oxygens (including phenoxy) is 6. The summed E-state index contributed by atoms with van der Waals surface area (Å²) in [4.78, 5) is 46.9. The number of hydrogen-bond acceptors (Lipinski definition) is 10. The van der Waals surface area contributed by atoms with E-state index in [0.29, 0.717) is 69.7 Å². The third-order valence-electron chi connectivity index (χ3n) is 9.77. The van der Waals surface area contributed by atoms with Gasteiger partial charge in [0.15, 0.2) is 0 Å². The molecule has 0 radical (unpaired) electrons. The highest BCUT2D eigenvalue weighted by Crippen LogP contribution is 2.35. The Kier molecular flexibility index (Phi) is 19.2. The van der Waals surface area contributed by atoms with Gasteiger partial charge >= 0.3 is 23.9 Å². The topological polar surface area (TPSA) is 124 Å². The third kappa shape index (κ3) is 15.6. The summed E-state index contributed by atoms with van der Waals surface area (Å²) in [7, 11) is 0. The van der Waals surface area contributed by atoms with Gasteiger partial charge in [0.25, 0.3) is 0 Å². The first-order valence-corrected chi connectivity index (χ1v) is 20.6. The number of benzene rings is 3. The molecule has 10 nitrogen and oxygen atoms in total. The molecule has 1 heterocycles. The predicted molar refractivity (Wildman–Crippen MR) is 224 cm³/mol. The van der Waals surface area contributed by atoms with Crippen LogP contribution in [0.4, 0.5) is 0 Å². The molecular formula is C48H60O10. The van der Waals surface area contributed by atoms with Gasteiger partial charge in [-0.25, -0.2) is 9.59 Å². The van der Waals surface area contributed by atoms with Crippen LogP contribution in [0.2, 0.25) is 0 Å². The van der Waals surface area contributed by atoms with Crippen molar-refractivity contribution in [3.8, 4) is 22.6 Å². The van der Waals surface area contributed by atoms with Crippen LogP contribution in [0.5, 0.6) is 11.5 Å². The van der Waals surface area contributed by atoms with Gasteiger partial charge in [-0.15, -0.1) is 0 Å². The lowest BCUT2D eigenvalue weighted by molar-refractivity contribution is -0.166. The molecule has 0 atom stereocenters. The molecule has 0 aliphatic carbocycles. The molecule has 0 saturated carbocycles. The van der Waals surface area contributed by atoms with Crippen LogP contribution in [-0.4, -0.2) is 63.5 Å². The van der Waals surface area contributed by atoms with Crippen LogP contribution in [0, 0.1) is 5.92 Å². The Balaban J connectivity index is 1.30. The molecule has 1 fully saturated rings. The maximum Gasteiger partial charge on any atom is 0.333 e. The molecule has 3 aromatic carbocycles. The van der Waals surface area contributed by atoms with Crippen molar-refractivity contribution < 1.29 is 47.6 Å². The summed E-state index contributed by atoms with van der Waals surface area (Å²) in [5, 5.41) is 0. The molecule has 10 heteroatoms. The van der Waals surface area contributed by atoms with E-state index in [0.717, 1.165) is 60.3 Å². The lowest BCUT2D eigenvalue weighted by Crippen LogP contribution is -2.28. The summed E-state index contributed by atoms with van der Waals surface area (Å²) in [6, 6.07) is 21.0. The summed E-state index contributed by atoms with van der Waals surface area (Å²) in [6.07, 6.45) is 8.45. The number of carbonyl (C=O) groups is 4. The molecule has 0 aromatic heterocycles. The van der Waals surface area contributed by atoms with Gasteiger partial charge in [0.05, 0.1) is 45.9 Å². The highest BCUT2D eigenvalue weighted by atomic mass is 16.6. The first-order chi connectivity index (χ1) is 28.0. The van der Waals surface area contributed by atoms with Crippen molar-refractivity contribution in [1.82, 2.24) is 0 Å². The zero-order valence-electron chi connectivity index (χ0n) is 34.6. The normalized spacial score (nSPS) is 12.8. The summed E-state index contributed by atoms with van der Waals surface area (Å²) in [5.74, 6) is -0.210. The summed E-state index contributed by atoms with van der Waals surface area (Å²) >= 11 is 0. The Labute approximate surface area is 343 Å². The molecule has 0 unspecified atom stereocenters. The molecule has 1 saturated heterocycles. The Hall–Kier alpha value is -5.22. The molecule has 0 amide bonds. The van der Waals surface area contributed by atoms with Gasteiger partial charge < -0.3 is 28.4 Å². The van der Waals surface area contributed by atoms with E-state index in [1.807, 2.05) is 12.1 Å².